The van der Waals surface area contributed by atoms with E-state index in [2.05, 4.69) is 27.8 Å². The van der Waals surface area contributed by atoms with Crippen molar-refractivity contribution in [3.63, 3.8) is 0 Å². The summed E-state index contributed by atoms with van der Waals surface area (Å²) in [5.41, 5.74) is 2.69. The van der Waals surface area contributed by atoms with Crippen molar-refractivity contribution < 1.29 is 9.59 Å². The van der Waals surface area contributed by atoms with Crippen LogP contribution >= 0.6 is 0 Å². The first kappa shape index (κ1) is 16.4. The van der Waals surface area contributed by atoms with Crippen LogP contribution in [0.2, 0.25) is 0 Å². The van der Waals surface area contributed by atoms with Gasteiger partial charge in [0.1, 0.15) is 0 Å². The third-order valence-corrected chi connectivity index (χ3v) is 8.45. The molecule has 1 aliphatic heterocycles. The van der Waals surface area contributed by atoms with E-state index in [9.17, 15) is 9.59 Å². The highest BCUT2D eigenvalue weighted by molar-refractivity contribution is 6.23. The number of nitrogens with zero attached hydrogens (tertiary/aromatic N) is 3. The Morgan fingerprint density at radius 2 is 1.59 bits per heavy atom. The van der Waals surface area contributed by atoms with Gasteiger partial charge in [-0.2, -0.15) is 0 Å². The highest BCUT2D eigenvalue weighted by Gasteiger charge is 2.67. The Kier molecular flexibility index (Phi) is 3.15. The van der Waals surface area contributed by atoms with Crippen LogP contribution in [0.4, 0.5) is 5.69 Å². The maximum Gasteiger partial charge on any atom is 0.238 e. The number of carbonyl (C=O) groups is 2. The Hall–Kier alpha value is -2.43. The zero-order valence-electron chi connectivity index (χ0n) is 16.4. The topological polar surface area (TPSA) is 55.2 Å². The minimum Gasteiger partial charge on any atom is -0.327 e. The van der Waals surface area contributed by atoms with Gasteiger partial charge in [0.05, 0.1) is 34.9 Å². The Morgan fingerprint density at radius 1 is 0.897 bits per heavy atom. The van der Waals surface area contributed by atoms with Gasteiger partial charge >= 0.3 is 0 Å². The van der Waals surface area contributed by atoms with Crippen molar-refractivity contribution in [2.75, 3.05) is 4.90 Å². The molecule has 2 aromatic rings. The van der Waals surface area contributed by atoms with Crippen molar-refractivity contribution in [1.29, 1.82) is 0 Å². The van der Waals surface area contributed by atoms with E-state index >= 15 is 0 Å². The van der Waals surface area contributed by atoms with E-state index in [4.69, 9.17) is 0 Å². The molecule has 2 heterocycles. The van der Waals surface area contributed by atoms with Crippen LogP contribution in [-0.4, -0.2) is 21.4 Å². The number of fused-ring (bicyclic) bond motifs is 1. The highest BCUT2D eigenvalue weighted by Crippen LogP contribution is 2.65. The molecular weight excluding hydrogens is 362 g/mol. The van der Waals surface area contributed by atoms with E-state index in [1.165, 1.54) is 43.4 Å². The Labute approximate surface area is 169 Å². The molecule has 5 nitrogen and oxygen atoms in total. The molecule has 148 valence electrons. The molecule has 0 spiro atoms. The molecule has 1 aromatic carbocycles. The summed E-state index contributed by atoms with van der Waals surface area (Å²) < 4.78 is 2.29. The third kappa shape index (κ3) is 2.08. The zero-order valence-corrected chi connectivity index (χ0v) is 16.4. The molecular formula is C24H25N3O2. The fraction of sp³-hybridized carbons (Fsp3) is 0.542. The van der Waals surface area contributed by atoms with Gasteiger partial charge in [-0.25, -0.2) is 9.88 Å². The lowest BCUT2D eigenvalue weighted by Crippen LogP contribution is -2.40. The van der Waals surface area contributed by atoms with Gasteiger partial charge in [0.15, 0.2) is 0 Å². The quantitative estimate of drug-likeness (QED) is 0.576. The van der Waals surface area contributed by atoms with Gasteiger partial charge in [-0.3, -0.25) is 9.59 Å². The number of hydrogen-bond acceptors (Lipinski definition) is 3. The molecule has 2 amide bonds. The van der Waals surface area contributed by atoms with Crippen molar-refractivity contribution in [2.45, 2.75) is 44.6 Å². The average molecular weight is 387 g/mol. The molecule has 0 radical (unpaired) electrons. The van der Waals surface area contributed by atoms with E-state index in [0.29, 0.717) is 23.6 Å². The Morgan fingerprint density at radius 3 is 2.28 bits per heavy atom. The van der Waals surface area contributed by atoms with Crippen LogP contribution in [-0.2, 0) is 9.59 Å². The number of benzene rings is 1. The van der Waals surface area contributed by atoms with Crippen LogP contribution in [0.15, 0.2) is 36.7 Å². The second-order valence-electron chi connectivity index (χ2n) is 9.78. The molecule has 3 saturated carbocycles. The first-order chi connectivity index (χ1) is 14.2. The smallest absolute Gasteiger partial charge is 0.238 e. The van der Waals surface area contributed by atoms with Crippen molar-refractivity contribution in [2.24, 2.45) is 35.5 Å². The number of amides is 2. The molecule has 2 bridgehead atoms. The van der Waals surface area contributed by atoms with Crippen LogP contribution in [0, 0.1) is 35.5 Å². The SMILES string of the molecule is O=C1[C@@H]2[C@H]3C=C[C@@H]([C@@H]4C[C@H]34)[C@@H]2C(=O)N1c1ccc2c(c1)ncn2C1CCCCC1. The van der Waals surface area contributed by atoms with Gasteiger partial charge in [-0.15, -0.1) is 0 Å². The lowest BCUT2D eigenvalue weighted by atomic mass is 9.63. The van der Waals surface area contributed by atoms with Crippen LogP contribution < -0.4 is 4.90 Å². The monoisotopic (exact) mass is 387 g/mol. The average Bonchev–Trinajstić information content (AvgIpc) is 3.42. The number of anilines is 1. The minimum absolute atomic E-state index is 0.00997. The summed E-state index contributed by atoms with van der Waals surface area (Å²) in [4.78, 5) is 32.8. The first-order valence-corrected chi connectivity index (χ1v) is 11.2. The summed E-state index contributed by atoms with van der Waals surface area (Å²) in [5, 5.41) is 0. The maximum atomic E-state index is 13.3. The molecule has 0 unspecified atom stereocenters. The highest BCUT2D eigenvalue weighted by atomic mass is 16.2. The predicted octanol–water partition coefficient (Wildman–Crippen LogP) is 4.10. The largest absolute Gasteiger partial charge is 0.327 e. The predicted molar refractivity (Wildman–Crippen MR) is 109 cm³/mol. The van der Waals surface area contributed by atoms with Crippen LogP contribution in [0.5, 0.6) is 0 Å². The minimum atomic E-state index is -0.142. The molecule has 8 rings (SSSR count). The molecule has 29 heavy (non-hydrogen) atoms. The van der Waals surface area contributed by atoms with E-state index in [1.807, 2.05) is 18.5 Å². The fourth-order valence-corrected chi connectivity index (χ4v) is 7.02. The van der Waals surface area contributed by atoms with E-state index in [-0.39, 0.29) is 35.5 Å². The summed E-state index contributed by atoms with van der Waals surface area (Å²) in [5.74, 6) is 1.55. The molecule has 0 N–H and O–H groups in total. The maximum absolute atomic E-state index is 13.3. The van der Waals surface area contributed by atoms with Crippen LogP contribution in [0.25, 0.3) is 11.0 Å². The number of rotatable bonds is 2. The molecule has 1 aromatic heterocycles. The number of carbonyl (C=O) groups excluding carboxylic acids is 2. The van der Waals surface area contributed by atoms with Gasteiger partial charge in [0, 0.05) is 6.04 Å². The number of aromatic nitrogens is 2. The lowest BCUT2D eigenvalue weighted by Gasteiger charge is -2.37. The Bertz CT molecular complexity index is 1040. The van der Waals surface area contributed by atoms with E-state index in [0.717, 1.165) is 11.0 Å². The van der Waals surface area contributed by atoms with Crippen LogP contribution in [0.1, 0.15) is 44.6 Å². The van der Waals surface area contributed by atoms with Gasteiger partial charge in [-0.05, 0) is 61.1 Å². The standard InChI is InChI=1S/C24H25N3O2/c28-23-21-15-7-8-16(18-11-17(15)18)22(21)24(29)27(23)14-6-9-20-19(10-14)25-12-26(20)13-4-2-1-3-5-13/h6-10,12-13,15-18,21-22H,1-5,11H2/t15-,16-,17-,18+,21-,22+/m0/s1. The van der Waals surface area contributed by atoms with Gasteiger partial charge in [0.25, 0.3) is 0 Å². The van der Waals surface area contributed by atoms with Crippen molar-refractivity contribution in [1.82, 2.24) is 9.55 Å². The van der Waals surface area contributed by atoms with Crippen molar-refractivity contribution >= 4 is 28.5 Å². The molecule has 6 atom stereocenters. The fourth-order valence-electron chi connectivity index (χ4n) is 7.02. The van der Waals surface area contributed by atoms with Gasteiger partial charge in [-0.1, -0.05) is 31.4 Å². The molecule has 5 aliphatic carbocycles. The molecule has 6 aliphatic rings. The number of imide groups is 1. The normalized spacial score (nSPS) is 38.0. The summed E-state index contributed by atoms with van der Waals surface area (Å²) in [6, 6.07) is 6.47. The third-order valence-electron chi connectivity index (χ3n) is 8.45. The van der Waals surface area contributed by atoms with Gasteiger partial charge in [0.2, 0.25) is 11.8 Å². The summed E-state index contributed by atoms with van der Waals surface area (Å²) >= 11 is 0. The second kappa shape index (κ2) is 5.59. The van der Waals surface area contributed by atoms with E-state index in [1.54, 1.807) is 0 Å². The summed E-state index contributed by atoms with van der Waals surface area (Å²) in [6.45, 7) is 0. The number of allylic oxidation sites excluding steroid dienone is 2. The van der Waals surface area contributed by atoms with Crippen LogP contribution in [0.3, 0.4) is 0 Å². The van der Waals surface area contributed by atoms with E-state index < -0.39 is 0 Å². The number of hydrogen-bond donors (Lipinski definition) is 0. The van der Waals surface area contributed by atoms with Gasteiger partial charge < -0.3 is 4.57 Å². The first-order valence-electron chi connectivity index (χ1n) is 11.2. The lowest BCUT2D eigenvalue weighted by molar-refractivity contribution is -0.124. The number of imidazole rings is 1. The summed E-state index contributed by atoms with van der Waals surface area (Å²) in [6.07, 6.45) is 13.9. The van der Waals surface area contributed by atoms with Crippen molar-refractivity contribution in [3.8, 4) is 0 Å². The molecule has 1 saturated heterocycles. The second-order valence-corrected chi connectivity index (χ2v) is 9.78. The zero-order chi connectivity index (χ0) is 19.3. The van der Waals surface area contributed by atoms with Crippen molar-refractivity contribution in [3.05, 3.63) is 36.7 Å². The summed E-state index contributed by atoms with van der Waals surface area (Å²) in [7, 11) is 0. The molecule has 4 fully saturated rings. The Balaban J connectivity index is 1.25. The molecule has 5 heteroatoms.